The SMILES string of the molecule is O=[N+]([O-])c1ccc(O)c(/C=N/N(c2ccccc2)c2ccccc2)c1. The second-order valence-electron chi connectivity index (χ2n) is 5.23. The van der Waals surface area contributed by atoms with Gasteiger partial charge < -0.3 is 5.11 Å². The van der Waals surface area contributed by atoms with Gasteiger partial charge >= 0.3 is 0 Å². The van der Waals surface area contributed by atoms with Gasteiger partial charge in [-0.3, -0.25) is 10.1 Å². The lowest BCUT2D eigenvalue weighted by Gasteiger charge is -2.19. The highest BCUT2D eigenvalue weighted by Gasteiger charge is 2.11. The van der Waals surface area contributed by atoms with E-state index in [0.29, 0.717) is 0 Å². The maximum absolute atomic E-state index is 10.9. The summed E-state index contributed by atoms with van der Waals surface area (Å²) in [7, 11) is 0. The first-order valence-electron chi connectivity index (χ1n) is 7.57. The molecular formula is C19H15N3O3. The van der Waals surface area contributed by atoms with Crippen LogP contribution in [0.25, 0.3) is 0 Å². The first-order chi connectivity index (χ1) is 12.1. The van der Waals surface area contributed by atoms with Gasteiger partial charge in [0.05, 0.1) is 22.5 Å². The summed E-state index contributed by atoms with van der Waals surface area (Å²) in [6.45, 7) is 0. The molecule has 0 amide bonds. The molecule has 0 bridgehead atoms. The summed E-state index contributed by atoms with van der Waals surface area (Å²) in [4.78, 5) is 10.4. The van der Waals surface area contributed by atoms with Crippen LogP contribution < -0.4 is 5.01 Å². The minimum Gasteiger partial charge on any atom is -0.507 e. The molecular weight excluding hydrogens is 318 g/mol. The summed E-state index contributed by atoms with van der Waals surface area (Å²) in [5.74, 6) is -0.0737. The van der Waals surface area contributed by atoms with Gasteiger partial charge in [0.15, 0.2) is 0 Å². The van der Waals surface area contributed by atoms with Crippen LogP contribution in [0.5, 0.6) is 5.75 Å². The van der Waals surface area contributed by atoms with E-state index in [1.807, 2.05) is 60.7 Å². The molecule has 0 saturated heterocycles. The average molecular weight is 333 g/mol. The van der Waals surface area contributed by atoms with Gasteiger partial charge in [-0.2, -0.15) is 5.10 Å². The molecule has 1 N–H and O–H groups in total. The van der Waals surface area contributed by atoms with Gasteiger partial charge in [0.1, 0.15) is 5.75 Å². The molecule has 6 heteroatoms. The van der Waals surface area contributed by atoms with Crippen molar-refractivity contribution in [3.8, 4) is 5.75 Å². The lowest BCUT2D eigenvalue weighted by atomic mass is 10.2. The van der Waals surface area contributed by atoms with Crippen molar-refractivity contribution in [3.63, 3.8) is 0 Å². The van der Waals surface area contributed by atoms with Gasteiger partial charge in [-0.05, 0) is 30.3 Å². The quantitative estimate of drug-likeness (QED) is 0.424. The summed E-state index contributed by atoms with van der Waals surface area (Å²) in [5, 5.41) is 27.0. The van der Waals surface area contributed by atoms with Crippen LogP contribution in [-0.2, 0) is 0 Å². The Kier molecular flexibility index (Phi) is 4.71. The van der Waals surface area contributed by atoms with E-state index in [1.165, 1.54) is 24.4 Å². The van der Waals surface area contributed by atoms with Crippen molar-refractivity contribution in [1.82, 2.24) is 0 Å². The highest BCUT2D eigenvalue weighted by atomic mass is 16.6. The van der Waals surface area contributed by atoms with Crippen molar-refractivity contribution in [2.45, 2.75) is 0 Å². The van der Waals surface area contributed by atoms with Crippen molar-refractivity contribution in [3.05, 3.63) is 94.5 Å². The maximum atomic E-state index is 10.9. The second-order valence-corrected chi connectivity index (χ2v) is 5.23. The molecule has 0 radical (unpaired) electrons. The largest absolute Gasteiger partial charge is 0.507 e. The van der Waals surface area contributed by atoms with Crippen LogP contribution in [0.3, 0.4) is 0 Å². The first-order valence-corrected chi connectivity index (χ1v) is 7.57. The van der Waals surface area contributed by atoms with Gasteiger partial charge in [-0.1, -0.05) is 36.4 Å². The molecule has 0 atom stereocenters. The minimum atomic E-state index is -0.511. The Hall–Kier alpha value is -3.67. The lowest BCUT2D eigenvalue weighted by Crippen LogP contribution is -2.09. The fourth-order valence-electron chi connectivity index (χ4n) is 2.30. The number of hydrogen-bond donors (Lipinski definition) is 1. The third kappa shape index (κ3) is 3.81. The molecule has 0 aliphatic rings. The zero-order chi connectivity index (χ0) is 17.6. The Labute approximate surface area is 144 Å². The monoisotopic (exact) mass is 333 g/mol. The highest BCUT2D eigenvalue weighted by Crippen LogP contribution is 2.26. The molecule has 0 aliphatic heterocycles. The third-order valence-corrected chi connectivity index (χ3v) is 3.54. The van der Waals surface area contributed by atoms with Crippen LogP contribution in [-0.4, -0.2) is 16.2 Å². The smallest absolute Gasteiger partial charge is 0.270 e. The van der Waals surface area contributed by atoms with E-state index < -0.39 is 4.92 Å². The van der Waals surface area contributed by atoms with Gasteiger partial charge in [0, 0.05) is 17.7 Å². The van der Waals surface area contributed by atoms with Crippen molar-refractivity contribution in [2.24, 2.45) is 5.10 Å². The molecule has 0 aliphatic carbocycles. The number of phenols is 1. The van der Waals surface area contributed by atoms with Crippen molar-refractivity contribution >= 4 is 23.3 Å². The number of nitro benzene ring substituents is 1. The number of para-hydroxylation sites is 2. The number of nitrogens with zero attached hydrogens (tertiary/aromatic N) is 3. The van der Waals surface area contributed by atoms with Crippen LogP contribution in [0.2, 0.25) is 0 Å². The molecule has 3 aromatic rings. The summed E-state index contributed by atoms with van der Waals surface area (Å²) in [6.07, 6.45) is 1.41. The van der Waals surface area contributed by atoms with Crippen molar-refractivity contribution in [1.29, 1.82) is 0 Å². The van der Waals surface area contributed by atoms with E-state index >= 15 is 0 Å². The number of anilines is 2. The number of benzene rings is 3. The van der Waals surface area contributed by atoms with Gasteiger partial charge in [0.25, 0.3) is 5.69 Å². The summed E-state index contributed by atoms with van der Waals surface area (Å²) in [6, 6.07) is 22.8. The van der Waals surface area contributed by atoms with E-state index in [0.717, 1.165) is 11.4 Å². The van der Waals surface area contributed by atoms with E-state index in [-0.39, 0.29) is 17.0 Å². The number of rotatable bonds is 5. The molecule has 3 aromatic carbocycles. The Balaban J connectivity index is 2.00. The molecule has 25 heavy (non-hydrogen) atoms. The highest BCUT2D eigenvalue weighted by molar-refractivity contribution is 5.86. The van der Waals surface area contributed by atoms with Gasteiger partial charge in [-0.25, -0.2) is 5.01 Å². The normalized spacial score (nSPS) is 10.7. The predicted octanol–water partition coefficient (Wildman–Crippen LogP) is 4.47. The molecule has 0 spiro atoms. The number of nitro groups is 1. The number of hydrogen-bond acceptors (Lipinski definition) is 5. The van der Waals surface area contributed by atoms with Crippen molar-refractivity contribution in [2.75, 3.05) is 5.01 Å². The number of non-ortho nitro benzene ring substituents is 1. The average Bonchev–Trinajstić information content (AvgIpc) is 2.65. The van der Waals surface area contributed by atoms with Crippen LogP contribution in [0.15, 0.2) is 84.0 Å². The fraction of sp³-hybridized carbons (Fsp3) is 0. The topological polar surface area (TPSA) is 79.0 Å². The zero-order valence-electron chi connectivity index (χ0n) is 13.2. The van der Waals surface area contributed by atoms with Crippen LogP contribution in [0.4, 0.5) is 17.1 Å². The molecule has 0 aromatic heterocycles. The molecule has 124 valence electrons. The molecule has 0 saturated carbocycles. The van der Waals surface area contributed by atoms with Crippen LogP contribution in [0, 0.1) is 10.1 Å². The lowest BCUT2D eigenvalue weighted by molar-refractivity contribution is -0.384. The van der Waals surface area contributed by atoms with Crippen molar-refractivity contribution < 1.29 is 10.0 Å². The van der Waals surface area contributed by atoms with E-state index in [2.05, 4.69) is 5.10 Å². The van der Waals surface area contributed by atoms with Gasteiger partial charge in [0.2, 0.25) is 0 Å². The Morgan fingerprint density at radius 2 is 1.48 bits per heavy atom. The Bertz CT molecular complexity index is 857. The third-order valence-electron chi connectivity index (χ3n) is 3.54. The Morgan fingerprint density at radius 3 is 2.00 bits per heavy atom. The minimum absolute atomic E-state index is 0.0737. The molecule has 0 heterocycles. The molecule has 0 unspecified atom stereocenters. The summed E-state index contributed by atoms with van der Waals surface area (Å²) >= 11 is 0. The maximum Gasteiger partial charge on any atom is 0.270 e. The predicted molar refractivity (Wildman–Crippen MR) is 97.4 cm³/mol. The Morgan fingerprint density at radius 1 is 0.920 bits per heavy atom. The fourth-order valence-corrected chi connectivity index (χ4v) is 2.30. The number of phenolic OH excluding ortho intramolecular Hbond substituents is 1. The van der Waals surface area contributed by atoms with Crippen LogP contribution in [0.1, 0.15) is 5.56 Å². The number of aromatic hydroxyl groups is 1. The summed E-state index contributed by atoms with van der Waals surface area (Å²) in [5.41, 5.74) is 1.82. The number of hydrazone groups is 1. The summed E-state index contributed by atoms with van der Waals surface area (Å²) < 4.78 is 0. The van der Waals surface area contributed by atoms with E-state index in [1.54, 1.807) is 5.01 Å². The zero-order valence-corrected chi connectivity index (χ0v) is 13.2. The van der Waals surface area contributed by atoms with Crippen LogP contribution >= 0.6 is 0 Å². The standard InChI is InChI=1S/C19H15N3O3/c23-19-12-11-18(22(24)25)13-15(19)14-20-21(16-7-3-1-4-8-16)17-9-5-2-6-10-17/h1-14,23H/b20-14+. The molecule has 3 rings (SSSR count). The molecule has 6 nitrogen and oxygen atoms in total. The molecule has 0 fully saturated rings. The first kappa shape index (κ1) is 16.2. The second kappa shape index (κ2) is 7.27. The van der Waals surface area contributed by atoms with Gasteiger partial charge in [-0.15, -0.1) is 0 Å². The van der Waals surface area contributed by atoms with E-state index in [9.17, 15) is 15.2 Å². The van der Waals surface area contributed by atoms with E-state index in [4.69, 9.17) is 0 Å².